The van der Waals surface area contributed by atoms with Crippen LogP contribution in [0.2, 0.25) is 0 Å². The van der Waals surface area contributed by atoms with Crippen LogP contribution in [0.4, 0.5) is 11.4 Å². The second-order valence-electron chi connectivity index (χ2n) is 4.76. The van der Waals surface area contributed by atoms with Gasteiger partial charge in [0.1, 0.15) is 5.75 Å². The first-order chi connectivity index (χ1) is 10.1. The topological polar surface area (TPSA) is 75.8 Å². The van der Waals surface area contributed by atoms with Crippen LogP contribution in [-0.2, 0) is 0 Å². The summed E-state index contributed by atoms with van der Waals surface area (Å²) in [6.07, 6.45) is 1.81. The molecule has 0 aliphatic rings. The molecule has 0 heterocycles. The molecule has 21 heavy (non-hydrogen) atoms. The summed E-state index contributed by atoms with van der Waals surface area (Å²) in [5.41, 5.74) is 0.722. The van der Waals surface area contributed by atoms with Gasteiger partial charge in [-0.05, 0) is 19.8 Å². The van der Waals surface area contributed by atoms with Crippen molar-refractivity contribution in [3.63, 3.8) is 0 Å². The van der Waals surface area contributed by atoms with Crippen molar-refractivity contribution in [2.75, 3.05) is 24.7 Å². The molecule has 0 spiro atoms. The van der Waals surface area contributed by atoms with Crippen molar-refractivity contribution in [3.05, 3.63) is 28.3 Å². The summed E-state index contributed by atoms with van der Waals surface area (Å²) in [4.78, 5) is 12.7. The van der Waals surface area contributed by atoms with E-state index in [1.807, 2.05) is 11.8 Å². The van der Waals surface area contributed by atoms with E-state index < -0.39 is 4.92 Å². The molecular weight excluding hydrogens is 272 g/mol. The number of benzene rings is 1. The minimum Gasteiger partial charge on any atom is -0.494 e. The third kappa shape index (κ3) is 4.60. The van der Waals surface area contributed by atoms with Crippen LogP contribution in [0.15, 0.2) is 18.2 Å². The van der Waals surface area contributed by atoms with Gasteiger partial charge in [-0.25, -0.2) is 0 Å². The van der Waals surface area contributed by atoms with Gasteiger partial charge in [-0.3, -0.25) is 10.1 Å². The van der Waals surface area contributed by atoms with E-state index in [0.29, 0.717) is 18.9 Å². The molecule has 0 unspecified atom stereocenters. The van der Waals surface area contributed by atoms with Crippen LogP contribution in [0, 0.1) is 10.1 Å². The number of non-ortho nitro benzene ring substituents is 1. The van der Waals surface area contributed by atoms with Gasteiger partial charge in [0.2, 0.25) is 0 Å². The summed E-state index contributed by atoms with van der Waals surface area (Å²) in [6, 6.07) is 4.99. The first-order valence-electron chi connectivity index (χ1n) is 7.37. The molecule has 1 aromatic carbocycles. The fraction of sp³-hybridized carbons (Fsp3) is 0.600. The third-order valence-corrected chi connectivity index (χ3v) is 3.45. The summed E-state index contributed by atoms with van der Waals surface area (Å²) in [6.45, 7) is 6.87. The maximum absolute atomic E-state index is 11.1. The summed E-state index contributed by atoms with van der Waals surface area (Å²) in [5, 5.41) is 20.4. The Labute approximate surface area is 125 Å². The Balaban J connectivity index is 3.24. The van der Waals surface area contributed by atoms with Gasteiger partial charge in [0.05, 0.1) is 24.2 Å². The molecule has 0 radical (unpaired) electrons. The molecule has 0 bridgehead atoms. The van der Waals surface area contributed by atoms with E-state index in [9.17, 15) is 15.2 Å². The SMILES string of the molecule is CCOc1cc(N(CCO)C(CC)CC)cc([N+](=O)[O-])c1. The number of nitro benzene ring substituents is 1. The van der Waals surface area contributed by atoms with Gasteiger partial charge in [0.15, 0.2) is 0 Å². The maximum Gasteiger partial charge on any atom is 0.275 e. The minimum absolute atomic E-state index is 0.00314. The van der Waals surface area contributed by atoms with E-state index >= 15 is 0 Å². The molecule has 1 aromatic rings. The summed E-state index contributed by atoms with van der Waals surface area (Å²) in [5.74, 6) is 0.482. The van der Waals surface area contributed by atoms with Crippen molar-refractivity contribution in [1.82, 2.24) is 0 Å². The normalized spacial score (nSPS) is 10.7. The largest absolute Gasteiger partial charge is 0.494 e. The molecule has 0 aliphatic heterocycles. The number of aliphatic hydroxyl groups is 1. The molecule has 0 aromatic heterocycles. The zero-order valence-electron chi connectivity index (χ0n) is 12.9. The lowest BCUT2D eigenvalue weighted by molar-refractivity contribution is -0.384. The highest BCUT2D eigenvalue weighted by Crippen LogP contribution is 2.30. The van der Waals surface area contributed by atoms with Crippen LogP contribution in [-0.4, -0.2) is 35.8 Å². The predicted octanol–water partition coefficient (Wildman–Crippen LogP) is 2.98. The molecule has 1 N–H and O–H groups in total. The van der Waals surface area contributed by atoms with Gasteiger partial charge >= 0.3 is 0 Å². The van der Waals surface area contributed by atoms with Crippen LogP contribution >= 0.6 is 0 Å². The first-order valence-corrected chi connectivity index (χ1v) is 7.37. The van der Waals surface area contributed by atoms with Gasteiger partial charge < -0.3 is 14.7 Å². The van der Waals surface area contributed by atoms with Crippen molar-refractivity contribution < 1.29 is 14.8 Å². The lowest BCUT2D eigenvalue weighted by Crippen LogP contribution is -2.36. The van der Waals surface area contributed by atoms with Crippen LogP contribution in [0.3, 0.4) is 0 Å². The van der Waals surface area contributed by atoms with Gasteiger partial charge in [-0.15, -0.1) is 0 Å². The number of ether oxygens (including phenoxy) is 1. The number of nitrogens with zero attached hydrogens (tertiary/aromatic N) is 2. The second-order valence-corrected chi connectivity index (χ2v) is 4.76. The lowest BCUT2D eigenvalue weighted by atomic mass is 10.1. The highest BCUT2D eigenvalue weighted by Gasteiger charge is 2.19. The Morgan fingerprint density at radius 1 is 1.29 bits per heavy atom. The Bertz CT molecular complexity index is 461. The third-order valence-electron chi connectivity index (χ3n) is 3.45. The van der Waals surface area contributed by atoms with Crippen LogP contribution in [0.5, 0.6) is 5.75 Å². The van der Waals surface area contributed by atoms with E-state index in [1.54, 1.807) is 6.07 Å². The summed E-state index contributed by atoms with van der Waals surface area (Å²) < 4.78 is 5.42. The molecular formula is C15H24N2O4. The van der Waals surface area contributed by atoms with Crippen molar-refractivity contribution in [2.45, 2.75) is 39.7 Å². The molecule has 1 rings (SSSR count). The Morgan fingerprint density at radius 3 is 2.43 bits per heavy atom. The van der Waals surface area contributed by atoms with E-state index in [0.717, 1.165) is 18.5 Å². The quantitative estimate of drug-likeness (QED) is 0.560. The first kappa shape index (κ1) is 17.2. The molecule has 0 atom stereocenters. The van der Waals surface area contributed by atoms with Crippen LogP contribution in [0.1, 0.15) is 33.6 Å². The molecule has 0 fully saturated rings. The fourth-order valence-electron chi connectivity index (χ4n) is 2.45. The van der Waals surface area contributed by atoms with E-state index in [2.05, 4.69) is 13.8 Å². The maximum atomic E-state index is 11.1. The van der Waals surface area contributed by atoms with Gasteiger partial charge in [0.25, 0.3) is 5.69 Å². The number of aliphatic hydroxyl groups excluding tert-OH is 1. The molecule has 0 saturated carbocycles. The highest BCUT2D eigenvalue weighted by molar-refractivity contribution is 5.58. The zero-order valence-corrected chi connectivity index (χ0v) is 12.9. The van der Waals surface area contributed by atoms with E-state index in [-0.39, 0.29) is 18.3 Å². The smallest absolute Gasteiger partial charge is 0.275 e. The van der Waals surface area contributed by atoms with E-state index in [1.165, 1.54) is 12.1 Å². The molecule has 0 aliphatic carbocycles. The Kier molecular flexibility index (Phi) is 6.94. The number of rotatable bonds is 9. The van der Waals surface area contributed by atoms with Gasteiger partial charge in [-0.1, -0.05) is 13.8 Å². The number of anilines is 1. The van der Waals surface area contributed by atoms with Gasteiger partial charge in [-0.2, -0.15) is 0 Å². The summed E-state index contributed by atoms with van der Waals surface area (Å²) in [7, 11) is 0. The number of nitro groups is 1. The minimum atomic E-state index is -0.421. The summed E-state index contributed by atoms with van der Waals surface area (Å²) >= 11 is 0. The van der Waals surface area contributed by atoms with Crippen molar-refractivity contribution in [2.24, 2.45) is 0 Å². The van der Waals surface area contributed by atoms with Crippen LogP contribution < -0.4 is 9.64 Å². The zero-order chi connectivity index (χ0) is 15.8. The average molecular weight is 296 g/mol. The fourth-order valence-corrected chi connectivity index (χ4v) is 2.45. The molecule has 6 heteroatoms. The standard InChI is InChI=1S/C15H24N2O4/c1-4-12(5-2)16(7-8-18)13-9-14(17(19)20)11-15(10-13)21-6-3/h9-12,18H,4-8H2,1-3H3. The predicted molar refractivity (Wildman–Crippen MR) is 83.1 cm³/mol. The van der Waals surface area contributed by atoms with Crippen molar-refractivity contribution >= 4 is 11.4 Å². The molecule has 118 valence electrons. The molecule has 0 amide bonds. The average Bonchev–Trinajstić information content (AvgIpc) is 2.47. The molecule has 0 saturated heterocycles. The molecule has 6 nitrogen and oxygen atoms in total. The number of hydrogen-bond donors (Lipinski definition) is 1. The van der Waals surface area contributed by atoms with Crippen molar-refractivity contribution in [1.29, 1.82) is 0 Å². The second kappa shape index (κ2) is 8.46. The lowest BCUT2D eigenvalue weighted by Gasteiger charge is -2.32. The Morgan fingerprint density at radius 2 is 1.95 bits per heavy atom. The van der Waals surface area contributed by atoms with Crippen molar-refractivity contribution in [3.8, 4) is 5.75 Å². The Hall–Kier alpha value is -1.82. The van der Waals surface area contributed by atoms with Gasteiger partial charge in [0, 0.05) is 30.4 Å². The number of hydrogen-bond acceptors (Lipinski definition) is 5. The van der Waals surface area contributed by atoms with Crippen LogP contribution in [0.25, 0.3) is 0 Å². The highest BCUT2D eigenvalue weighted by atomic mass is 16.6. The monoisotopic (exact) mass is 296 g/mol. The van der Waals surface area contributed by atoms with E-state index in [4.69, 9.17) is 4.74 Å².